The van der Waals surface area contributed by atoms with Crippen LogP contribution in [0.4, 0.5) is 17.1 Å². The molecule has 3 rings (SSSR count). The van der Waals surface area contributed by atoms with Gasteiger partial charge in [0.25, 0.3) is 5.91 Å². The number of carbonyl (C=O) groups excluding carboxylic acids is 1. The maximum absolute atomic E-state index is 12.3. The van der Waals surface area contributed by atoms with Crippen LogP contribution in [0.1, 0.15) is 31.9 Å². The van der Waals surface area contributed by atoms with Crippen LogP contribution in [0.25, 0.3) is 5.57 Å². The number of fused-ring (bicyclic) bond motifs is 1. The monoisotopic (exact) mass is 350 g/mol. The van der Waals surface area contributed by atoms with Crippen LogP contribution in [0.3, 0.4) is 0 Å². The van der Waals surface area contributed by atoms with Gasteiger partial charge in [-0.2, -0.15) is 0 Å². The minimum absolute atomic E-state index is 0.106. The smallest absolute Gasteiger partial charge is 0.258 e. The average molecular weight is 350 g/mol. The van der Waals surface area contributed by atoms with Gasteiger partial charge in [-0.3, -0.25) is 4.79 Å². The molecule has 1 aliphatic heterocycles. The molecule has 1 heterocycles. The number of hydrogen-bond acceptors (Lipinski definition) is 4. The summed E-state index contributed by atoms with van der Waals surface area (Å²) in [6.45, 7) is 8.16. The maximum Gasteiger partial charge on any atom is 0.258 e. The SMILES string of the molecule is CC(Nc1ccc(CNCC(C)C)cc1)=C1C(=O)Nc2ccc(N)cc21. The van der Waals surface area contributed by atoms with Crippen molar-refractivity contribution in [2.24, 2.45) is 5.92 Å². The molecule has 1 aliphatic rings. The Morgan fingerprint density at radius 1 is 1.15 bits per heavy atom. The Hall–Kier alpha value is -2.79. The number of allylic oxidation sites excluding steroid dienone is 1. The summed E-state index contributed by atoms with van der Waals surface area (Å²) in [5.74, 6) is 0.532. The summed E-state index contributed by atoms with van der Waals surface area (Å²) in [5, 5.41) is 9.65. The number of anilines is 3. The molecule has 136 valence electrons. The van der Waals surface area contributed by atoms with E-state index in [0.29, 0.717) is 17.2 Å². The molecule has 5 N–H and O–H groups in total. The fourth-order valence-electron chi connectivity index (χ4n) is 3.05. The third kappa shape index (κ3) is 4.06. The predicted molar refractivity (Wildman–Crippen MR) is 109 cm³/mol. The predicted octanol–water partition coefficient (Wildman–Crippen LogP) is 3.81. The third-order valence-electron chi connectivity index (χ3n) is 4.33. The van der Waals surface area contributed by atoms with E-state index in [1.807, 2.05) is 31.2 Å². The highest BCUT2D eigenvalue weighted by Crippen LogP contribution is 2.35. The van der Waals surface area contributed by atoms with Gasteiger partial charge in [0.15, 0.2) is 0 Å². The lowest BCUT2D eigenvalue weighted by atomic mass is 10.0. The molecule has 2 aromatic rings. The average Bonchev–Trinajstić information content (AvgIpc) is 2.91. The minimum atomic E-state index is -0.106. The van der Waals surface area contributed by atoms with Gasteiger partial charge >= 0.3 is 0 Å². The van der Waals surface area contributed by atoms with Crippen molar-refractivity contribution in [3.05, 3.63) is 59.3 Å². The van der Waals surface area contributed by atoms with Crippen molar-refractivity contribution < 1.29 is 4.79 Å². The van der Waals surface area contributed by atoms with Gasteiger partial charge in [-0.25, -0.2) is 0 Å². The van der Waals surface area contributed by atoms with Crippen LogP contribution in [0.15, 0.2) is 48.2 Å². The normalized spacial score (nSPS) is 15.0. The number of nitrogens with two attached hydrogens (primary N) is 1. The molecule has 0 unspecified atom stereocenters. The molecule has 0 spiro atoms. The zero-order valence-electron chi connectivity index (χ0n) is 15.5. The van der Waals surface area contributed by atoms with Crippen molar-refractivity contribution in [3.63, 3.8) is 0 Å². The molecule has 2 aromatic carbocycles. The third-order valence-corrected chi connectivity index (χ3v) is 4.33. The Labute approximate surface area is 154 Å². The summed E-state index contributed by atoms with van der Waals surface area (Å²) in [6.07, 6.45) is 0. The van der Waals surface area contributed by atoms with E-state index in [1.54, 1.807) is 6.07 Å². The van der Waals surface area contributed by atoms with Crippen molar-refractivity contribution in [2.75, 3.05) is 22.9 Å². The van der Waals surface area contributed by atoms with Crippen LogP contribution in [0.2, 0.25) is 0 Å². The Morgan fingerprint density at radius 3 is 2.58 bits per heavy atom. The van der Waals surface area contributed by atoms with Crippen molar-refractivity contribution in [1.82, 2.24) is 5.32 Å². The molecule has 5 heteroatoms. The largest absolute Gasteiger partial charge is 0.399 e. The fourth-order valence-corrected chi connectivity index (χ4v) is 3.05. The second-order valence-electron chi connectivity index (χ2n) is 7.11. The molecule has 1 amide bonds. The van der Waals surface area contributed by atoms with Crippen molar-refractivity contribution in [2.45, 2.75) is 27.3 Å². The van der Waals surface area contributed by atoms with Crippen molar-refractivity contribution in [1.29, 1.82) is 0 Å². The summed E-state index contributed by atoms with van der Waals surface area (Å²) < 4.78 is 0. The zero-order valence-corrected chi connectivity index (χ0v) is 15.5. The Balaban J connectivity index is 1.74. The summed E-state index contributed by atoms with van der Waals surface area (Å²) in [6, 6.07) is 13.7. The number of amides is 1. The van der Waals surface area contributed by atoms with E-state index >= 15 is 0 Å². The van der Waals surface area contributed by atoms with Crippen LogP contribution < -0.4 is 21.7 Å². The lowest BCUT2D eigenvalue weighted by Gasteiger charge is -2.11. The van der Waals surface area contributed by atoms with Gasteiger partial charge in [-0.15, -0.1) is 0 Å². The van der Waals surface area contributed by atoms with Crippen molar-refractivity contribution >= 4 is 28.5 Å². The van der Waals surface area contributed by atoms with Gasteiger partial charge in [0, 0.05) is 34.9 Å². The summed E-state index contributed by atoms with van der Waals surface area (Å²) in [5.41, 5.74) is 11.8. The van der Waals surface area contributed by atoms with Crippen LogP contribution in [-0.2, 0) is 11.3 Å². The maximum atomic E-state index is 12.3. The first-order valence-corrected chi connectivity index (χ1v) is 8.93. The summed E-state index contributed by atoms with van der Waals surface area (Å²) in [4.78, 5) is 12.3. The molecular weight excluding hydrogens is 324 g/mol. The van der Waals surface area contributed by atoms with Crippen LogP contribution in [-0.4, -0.2) is 12.5 Å². The summed E-state index contributed by atoms with van der Waals surface area (Å²) >= 11 is 0. The second kappa shape index (κ2) is 7.62. The van der Waals surface area contributed by atoms with E-state index < -0.39 is 0 Å². The molecule has 0 saturated carbocycles. The molecule has 0 fully saturated rings. The van der Waals surface area contributed by atoms with Gasteiger partial charge in [0.2, 0.25) is 0 Å². The number of nitrogens with one attached hydrogen (secondary N) is 3. The second-order valence-corrected chi connectivity index (χ2v) is 7.11. The van der Waals surface area contributed by atoms with Gasteiger partial charge < -0.3 is 21.7 Å². The molecule has 26 heavy (non-hydrogen) atoms. The van der Waals surface area contributed by atoms with E-state index in [9.17, 15) is 4.79 Å². The molecule has 0 saturated heterocycles. The Bertz CT molecular complexity index is 838. The highest BCUT2D eigenvalue weighted by Gasteiger charge is 2.26. The topological polar surface area (TPSA) is 79.2 Å². The number of rotatable bonds is 6. The zero-order chi connectivity index (χ0) is 18.7. The first kappa shape index (κ1) is 18.0. The van der Waals surface area contributed by atoms with E-state index in [-0.39, 0.29) is 5.91 Å². The van der Waals surface area contributed by atoms with Gasteiger partial charge in [0.1, 0.15) is 0 Å². The highest BCUT2D eigenvalue weighted by atomic mass is 16.2. The fraction of sp³-hybridized carbons (Fsp3) is 0.286. The standard InChI is InChI=1S/C21H26N4O/c1-13(2)11-23-12-15-4-7-17(8-5-15)24-14(3)20-18-10-16(22)6-9-19(18)25-21(20)26/h4-10,13,23-24H,11-12,22H2,1-3H3,(H,25,26). The quantitative estimate of drug-likeness (QED) is 0.472. The number of carbonyl (C=O) groups is 1. The van der Waals surface area contributed by atoms with E-state index in [4.69, 9.17) is 5.73 Å². The van der Waals surface area contributed by atoms with Crippen LogP contribution >= 0.6 is 0 Å². The van der Waals surface area contributed by atoms with Crippen LogP contribution in [0, 0.1) is 5.92 Å². The molecule has 0 atom stereocenters. The lowest BCUT2D eigenvalue weighted by molar-refractivity contribution is -0.110. The number of hydrogen-bond donors (Lipinski definition) is 4. The van der Waals surface area contributed by atoms with E-state index in [0.717, 1.165) is 35.7 Å². The molecule has 0 bridgehead atoms. The molecule has 0 radical (unpaired) electrons. The van der Waals surface area contributed by atoms with E-state index in [1.165, 1.54) is 5.56 Å². The van der Waals surface area contributed by atoms with Crippen molar-refractivity contribution in [3.8, 4) is 0 Å². The molecular formula is C21H26N4O. The van der Waals surface area contributed by atoms with Gasteiger partial charge in [-0.05, 0) is 55.3 Å². The molecule has 5 nitrogen and oxygen atoms in total. The van der Waals surface area contributed by atoms with Gasteiger partial charge in [0.05, 0.1) is 5.57 Å². The van der Waals surface area contributed by atoms with Gasteiger partial charge in [-0.1, -0.05) is 26.0 Å². The minimum Gasteiger partial charge on any atom is -0.399 e. The molecule has 0 aliphatic carbocycles. The number of benzene rings is 2. The lowest BCUT2D eigenvalue weighted by Crippen LogP contribution is -2.18. The van der Waals surface area contributed by atoms with Crippen LogP contribution in [0.5, 0.6) is 0 Å². The first-order chi connectivity index (χ1) is 12.4. The molecule has 0 aromatic heterocycles. The van der Waals surface area contributed by atoms with E-state index in [2.05, 4.69) is 41.9 Å². The summed E-state index contributed by atoms with van der Waals surface area (Å²) in [7, 11) is 0. The highest BCUT2D eigenvalue weighted by molar-refractivity contribution is 6.32. The first-order valence-electron chi connectivity index (χ1n) is 8.93. The number of nitrogen functional groups attached to an aromatic ring is 1. The Morgan fingerprint density at radius 2 is 1.88 bits per heavy atom. The Kier molecular flexibility index (Phi) is 5.28.